The van der Waals surface area contributed by atoms with Crippen LogP contribution in [-0.4, -0.2) is 62.3 Å². The van der Waals surface area contributed by atoms with Gasteiger partial charge in [-0.15, -0.1) is 0 Å². The minimum atomic E-state index is 0.0365. The van der Waals surface area contributed by atoms with Gasteiger partial charge in [-0.1, -0.05) is 41.1 Å². The minimum Gasteiger partial charge on any atom is -0.494 e. The van der Waals surface area contributed by atoms with E-state index in [9.17, 15) is 4.79 Å². The van der Waals surface area contributed by atoms with Crippen molar-refractivity contribution in [2.75, 3.05) is 51.4 Å². The van der Waals surface area contributed by atoms with Crippen LogP contribution in [0.15, 0.2) is 30.3 Å². The lowest BCUT2D eigenvalue weighted by Gasteiger charge is -2.27. The molecule has 3 aromatic rings. The van der Waals surface area contributed by atoms with Crippen LogP contribution >= 0.6 is 22.9 Å². The highest BCUT2D eigenvalue weighted by molar-refractivity contribution is 7.23. The number of methoxy groups -OCH3 is 1. The van der Waals surface area contributed by atoms with E-state index in [0.717, 1.165) is 49.5 Å². The molecule has 0 bridgehead atoms. The normalized spacial score (nSPS) is 14.5. The van der Waals surface area contributed by atoms with E-state index in [1.165, 1.54) is 22.5 Å². The number of hydrogen-bond donors (Lipinski definition) is 0. The summed E-state index contributed by atoms with van der Waals surface area (Å²) < 4.78 is 11.8. The van der Waals surface area contributed by atoms with Crippen molar-refractivity contribution in [2.24, 2.45) is 0 Å². The standard InChI is InChI=1S/C25H30ClN3O3S/c1-17-5-6-19(15-18(17)2)16-22(30)29(10-4-9-28-11-13-32-14-12-28)25-27-23-21(31-3)8-7-20(26)24(23)33-25/h5-8,15H,4,9-14,16H2,1-3H3. The fourth-order valence-electron chi connectivity index (χ4n) is 4.01. The first-order valence-corrected chi connectivity index (χ1v) is 12.5. The Bertz CT molecular complexity index is 1130. The number of morpholine rings is 1. The molecule has 0 atom stereocenters. The van der Waals surface area contributed by atoms with E-state index in [0.29, 0.717) is 34.4 Å². The van der Waals surface area contributed by atoms with Crippen molar-refractivity contribution < 1.29 is 14.3 Å². The van der Waals surface area contributed by atoms with Crippen LogP contribution in [0.3, 0.4) is 0 Å². The van der Waals surface area contributed by atoms with Crippen LogP contribution in [0, 0.1) is 13.8 Å². The lowest BCUT2D eigenvalue weighted by Crippen LogP contribution is -2.39. The number of aromatic nitrogens is 1. The zero-order valence-electron chi connectivity index (χ0n) is 19.4. The van der Waals surface area contributed by atoms with Gasteiger partial charge < -0.3 is 9.47 Å². The van der Waals surface area contributed by atoms with Gasteiger partial charge >= 0.3 is 0 Å². The zero-order valence-corrected chi connectivity index (χ0v) is 21.0. The van der Waals surface area contributed by atoms with Gasteiger partial charge in [0.05, 0.1) is 36.5 Å². The second-order valence-corrected chi connectivity index (χ2v) is 9.76. The molecule has 8 heteroatoms. The number of thiazole rings is 1. The molecule has 1 fully saturated rings. The van der Waals surface area contributed by atoms with Crippen molar-refractivity contribution in [1.29, 1.82) is 0 Å². The Morgan fingerprint density at radius 2 is 2.00 bits per heavy atom. The van der Waals surface area contributed by atoms with Gasteiger partial charge in [0.1, 0.15) is 11.3 Å². The number of carbonyl (C=O) groups is 1. The summed E-state index contributed by atoms with van der Waals surface area (Å²) >= 11 is 7.88. The topological polar surface area (TPSA) is 54.9 Å². The monoisotopic (exact) mass is 487 g/mol. The summed E-state index contributed by atoms with van der Waals surface area (Å²) in [7, 11) is 1.62. The zero-order chi connectivity index (χ0) is 23.4. The fourth-order valence-corrected chi connectivity index (χ4v) is 5.31. The van der Waals surface area contributed by atoms with Gasteiger partial charge in [-0.05, 0) is 49.1 Å². The van der Waals surface area contributed by atoms with Crippen LogP contribution in [0.4, 0.5) is 5.13 Å². The number of ether oxygens (including phenoxy) is 2. The molecule has 6 nitrogen and oxygen atoms in total. The van der Waals surface area contributed by atoms with E-state index in [4.69, 9.17) is 26.1 Å². The summed E-state index contributed by atoms with van der Waals surface area (Å²) in [6.07, 6.45) is 1.19. The predicted octanol–water partition coefficient (Wildman–Crippen LogP) is 4.87. The molecule has 0 saturated carbocycles. The Hall–Kier alpha value is -2.19. The average molecular weight is 488 g/mol. The number of hydrogen-bond acceptors (Lipinski definition) is 6. The highest BCUT2D eigenvalue weighted by Gasteiger charge is 2.23. The van der Waals surface area contributed by atoms with Crippen LogP contribution in [0.1, 0.15) is 23.1 Å². The van der Waals surface area contributed by atoms with E-state index >= 15 is 0 Å². The van der Waals surface area contributed by atoms with Gasteiger partial charge in [0.15, 0.2) is 5.13 Å². The molecule has 4 rings (SSSR count). The summed E-state index contributed by atoms with van der Waals surface area (Å²) in [5.74, 6) is 0.696. The van der Waals surface area contributed by atoms with Crippen molar-refractivity contribution in [1.82, 2.24) is 9.88 Å². The lowest BCUT2D eigenvalue weighted by molar-refractivity contribution is -0.118. The van der Waals surface area contributed by atoms with Gasteiger partial charge in [0, 0.05) is 26.2 Å². The second kappa shape index (κ2) is 10.8. The molecule has 1 amide bonds. The molecule has 1 aliphatic heterocycles. The van der Waals surface area contributed by atoms with Gasteiger partial charge in [-0.2, -0.15) is 0 Å². The van der Waals surface area contributed by atoms with E-state index < -0.39 is 0 Å². The van der Waals surface area contributed by atoms with E-state index in [-0.39, 0.29) is 5.91 Å². The van der Waals surface area contributed by atoms with Crippen LogP contribution in [0.25, 0.3) is 10.2 Å². The van der Waals surface area contributed by atoms with Crippen LogP contribution in [0.5, 0.6) is 5.75 Å². The van der Waals surface area contributed by atoms with Crippen molar-refractivity contribution in [3.8, 4) is 5.75 Å². The highest BCUT2D eigenvalue weighted by Crippen LogP contribution is 2.39. The lowest BCUT2D eigenvalue weighted by atomic mass is 10.0. The van der Waals surface area contributed by atoms with E-state index in [1.54, 1.807) is 7.11 Å². The third-order valence-electron chi connectivity index (χ3n) is 6.09. The first kappa shape index (κ1) is 24.0. The molecule has 1 aliphatic rings. The van der Waals surface area contributed by atoms with Crippen molar-refractivity contribution in [3.05, 3.63) is 52.0 Å². The number of fused-ring (bicyclic) bond motifs is 1. The predicted molar refractivity (Wildman–Crippen MR) is 135 cm³/mol. The molecule has 2 heterocycles. The molecule has 0 spiro atoms. The Morgan fingerprint density at radius 1 is 1.21 bits per heavy atom. The number of carbonyl (C=O) groups excluding carboxylic acids is 1. The maximum atomic E-state index is 13.5. The first-order valence-electron chi connectivity index (χ1n) is 11.3. The molecule has 0 unspecified atom stereocenters. The highest BCUT2D eigenvalue weighted by atomic mass is 35.5. The van der Waals surface area contributed by atoms with E-state index in [2.05, 4.69) is 30.9 Å². The Labute approximate surface area is 204 Å². The molecular weight excluding hydrogens is 458 g/mol. The second-order valence-electron chi connectivity index (χ2n) is 8.37. The number of aryl methyl sites for hydroxylation is 2. The molecule has 1 saturated heterocycles. The maximum absolute atomic E-state index is 13.5. The summed E-state index contributed by atoms with van der Waals surface area (Å²) in [4.78, 5) is 22.5. The van der Waals surface area contributed by atoms with Crippen LogP contribution in [0.2, 0.25) is 5.02 Å². The van der Waals surface area contributed by atoms with Crippen molar-refractivity contribution in [2.45, 2.75) is 26.7 Å². The summed E-state index contributed by atoms with van der Waals surface area (Å²) in [5.41, 5.74) is 4.12. The van der Waals surface area contributed by atoms with Gasteiger partial charge in [0.25, 0.3) is 0 Å². The number of rotatable bonds is 8. The number of anilines is 1. The van der Waals surface area contributed by atoms with Gasteiger partial charge in [-0.25, -0.2) is 4.98 Å². The Morgan fingerprint density at radius 3 is 2.73 bits per heavy atom. The number of halogens is 1. The van der Waals surface area contributed by atoms with E-state index in [1.807, 2.05) is 23.1 Å². The largest absolute Gasteiger partial charge is 0.494 e. The molecule has 176 valence electrons. The van der Waals surface area contributed by atoms with Gasteiger partial charge in [-0.3, -0.25) is 14.6 Å². The first-order chi connectivity index (χ1) is 16.0. The third kappa shape index (κ3) is 5.66. The van der Waals surface area contributed by atoms with Crippen LogP contribution < -0.4 is 9.64 Å². The summed E-state index contributed by atoms with van der Waals surface area (Å²) in [6, 6.07) is 9.82. The average Bonchev–Trinajstić information content (AvgIpc) is 3.26. The number of nitrogens with zero attached hydrogens (tertiary/aromatic N) is 3. The molecule has 33 heavy (non-hydrogen) atoms. The summed E-state index contributed by atoms with van der Waals surface area (Å²) in [5, 5.41) is 1.27. The Balaban J connectivity index is 1.58. The molecule has 2 aromatic carbocycles. The Kier molecular flexibility index (Phi) is 7.86. The molecular formula is C25H30ClN3O3S. The van der Waals surface area contributed by atoms with Gasteiger partial charge in [0.2, 0.25) is 5.91 Å². The molecule has 0 aliphatic carbocycles. The van der Waals surface area contributed by atoms with Crippen molar-refractivity contribution >= 4 is 44.2 Å². The molecule has 1 aromatic heterocycles. The maximum Gasteiger partial charge on any atom is 0.233 e. The third-order valence-corrected chi connectivity index (χ3v) is 7.62. The van der Waals surface area contributed by atoms with Crippen molar-refractivity contribution in [3.63, 3.8) is 0 Å². The SMILES string of the molecule is COc1ccc(Cl)c2sc(N(CCCN3CCOCC3)C(=O)Cc3ccc(C)c(C)c3)nc12. The fraction of sp³-hybridized carbons (Fsp3) is 0.440. The smallest absolute Gasteiger partial charge is 0.233 e. The summed E-state index contributed by atoms with van der Waals surface area (Å²) in [6.45, 7) is 9.08. The number of benzene rings is 2. The molecule has 0 radical (unpaired) electrons. The number of amides is 1. The quantitative estimate of drug-likeness (QED) is 0.453. The van der Waals surface area contributed by atoms with Crippen LogP contribution in [-0.2, 0) is 16.0 Å². The molecule has 0 N–H and O–H groups in total. The minimum absolute atomic E-state index is 0.0365.